The third-order valence-corrected chi connectivity index (χ3v) is 7.56. The number of rotatable bonds is 8. The van der Waals surface area contributed by atoms with Gasteiger partial charge in [-0.15, -0.1) is 0 Å². The molecule has 0 bridgehead atoms. The van der Waals surface area contributed by atoms with E-state index >= 15 is 0 Å². The minimum Gasteiger partial charge on any atom is -0.493 e. The third kappa shape index (κ3) is 5.84. The number of ether oxygens (including phenoxy) is 1. The van der Waals surface area contributed by atoms with Gasteiger partial charge in [0.2, 0.25) is 0 Å². The molecule has 3 heterocycles. The van der Waals surface area contributed by atoms with E-state index in [1.54, 1.807) is 6.07 Å². The van der Waals surface area contributed by atoms with Gasteiger partial charge in [0, 0.05) is 31.9 Å². The summed E-state index contributed by atoms with van der Waals surface area (Å²) in [5, 5.41) is 0. The van der Waals surface area contributed by atoms with Gasteiger partial charge in [0.25, 0.3) is 0 Å². The number of hydrogen-bond acceptors (Lipinski definition) is 5. The van der Waals surface area contributed by atoms with Gasteiger partial charge in [0.1, 0.15) is 11.4 Å². The quantitative estimate of drug-likeness (QED) is 0.256. The standard InChI is InChI=1S/C30H36F3N5O/c1-35(2)15-6-18-39-27-11-9-21(19-24(27)30(31,32)33)22-10-12-28-34-25-7-5-8-26(29(25)38(28)20-22)37-16-13-23(14-17-37)36(3)4/h5,7-12,19-20,23H,6,13-18H2,1-4H3. The molecule has 0 saturated carbocycles. The first-order valence-corrected chi connectivity index (χ1v) is 13.4. The average molecular weight is 540 g/mol. The van der Waals surface area contributed by atoms with Gasteiger partial charge in [-0.05, 0) is 95.0 Å². The molecule has 0 spiro atoms. The molecule has 39 heavy (non-hydrogen) atoms. The van der Waals surface area contributed by atoms with Crippen LogP contribution < -0.4 is 9.64 Å². The zero-order valence-corrected chi connectivity index (χ0v) is 23.0. The fraction of sp³-hybridized carbons (Fsp3) is 0.433. The van der Waals surface area contributed by atoms with Crippen molar-refractivity contribution in [2.24, 2.45) is 0 Å². The van der Waals surface area contributed by atoms with E-state index in [2.05, 4.69) is 30.0 Å². The van der Waals surface area contributed by atoms with E-state index < -0.39 is 11.7 Å². The lowest BCUT2D eigenvalue weighted by Crippen LogP contribution is -2.42. The van der Waals surface area contributed by atoms with Crippen LogP contribution in [-0.4, -0.2) is 79.7 Å². The van der Waals surface area contributed by atoms with Gasteiger partial charge in [-0.2, -0.15) is 13.2 Å². The molecule has 0 radical (unpaired) electrons. The molecule has 0 amide bonds. The summed E-state index contributed by atoms with van der Waals surface area (Å²) in [5.74, 6) is -0.137. The summed E-state index contributed by atoms with van der Waals surface area (Å²) in [7, 11) is 8.10. The SMILES string of the molecule is CN(C)CCCOc1ccc(-c2ccc3nc4cccc(N5CCC(N(C)C)CC5)c4n3c2)cc1C(F)(F)F. The molecule has 6 nitrogen and oxygen atoms in total. The van der Waals surface area contributed by atoms with E-state index in [0.717, 1.165) is 54.8 Å². The van der Waals surface area contributed by atoms with E-state index in [1.807, 2.05) is 53.9 Å². The van der Waals surface area contributed by atoms with Crippen molar-refractivity contribution in [1.29, 1.82) is 0 Å². The van der Waals surface area contributed by atoms with Gasteiger partial charge < -0.3 is 19.4 Å². The molecule has 0 atom stereocenters. The largest absolute Gasteiger partial charge is 0.493 e. The number of aromatic nitrogens is 2. The highest BCUT2D eigenvalue weighted by Gasteiger charge is 2.35. The Kier molecular flexibility index (Phi) is 7.73. The number of alkyl halides is 3. The summed E-state index contributed by atoms with van der Waals surface area (Å²) >= 11 is 0. The van der Waals surface area contributed by atoms with Gasteiger partial charge in [0.05, 0.1) is 28.9 Å². The fourth-order valence-electron chi connectivity index (χ4n) is 5.41. The maximum atomic E-state index is 14.0. The van der Waals surface area contributed by atoms with Crippen molar-refractivity contribution in [3.05, 3.63) is 60.3 Å². The Hall–Kier alpha value is -3.30. The number of fused-ring (bicyclic) bond motifs is 3. The summed E-state index contributed by atoms with van der Waals surface area (Å²) in [5.41, 5.74) is 4.13. The molecular weight excluding hydrogens is 503 g/mol. The van der Waals surface area contributed by atoms with Crippen LogP contribution in [0.3, 0.4) is 0 Å². The molecule has 2 aromatic heterocycles. The number of para-hydroxylation sites is 1. The summed E-state index contributed by atoms with van der Waals surface area (Å²) < 4.78 is 49.6. The first kappa shape index (κ1) is 27.3. The predicted octanol–water partition coefficient (Wildman–Crippen LogP) is 6.03. The van der Waals surface area contributed by atoms with E-state index in [1.165, 1.54) is 12.1 Å². The highest BCUT2D eigenvalue weighted by molar-refractivity contribution is 5.92. The molecule has 9 heteroatoms. The Morgan fingerprint density at radius 3 is 2.41 bits per heavy atom. The van der Waals surface area contributed by atoms with Gasteiger partial charge in [-0.25, -0.2) is 4.98 Å². The molecule has 208 valence electrons. The molecule has 2 aromatic carbocycles. The van der Waals surface area contributed by atoms with Crippen LogP contribution in [0.15, 0.2) is 54.7 Å². The summed E-state index contributed by atoms with van der Waals surface area (Å²) in [6.45, 7) is 2.86. The second-order valence-electron chi connectivity index (χ2n) is 10.8. The number of hydrogen-bond donors (Lipinski definition) is 0. The van der Waals surface area contributed by atoms with Crippen LogP contribution in [0.5, 0.6) is 5.75 Å². The number of halogens is 3. The molecule has 1 fully saturated rings. The number of pyridine rings is 1. The minimum absolute atomic E-state index is 0.137. The normalized spacial score (nSPS) is 15.3. The van der Waals surface area contributed by atoms with Crippen LogP contribution in [0, 0.1) is 0 Å². The van der Waals surface area contributed by atoms with Gasteiger partial charge >= 0.3 is 6.18 Å². The van der Waals surface area contributed by atoms with Crippen LogP contribution >= 0.6 is 0 Å². The molecule has 0 aliphatic carbocycles. The Morgan fingerprint density at radius 2 is 1.72 bits per heavy atom. The minimum atomic E-state index is -4.52. The summed E-state index contributed by atoms with van der Waals surface area (Å²) in [4.78, 5) is 11.5. The van der Waals surface area contributed by atoms with Gasteiger partial charge in [-0.1, -0.05) is 12.1 Å². The fourth-order valence-corrected chi connectivity index (χ4v) is 5.41. The predicted molar refractivity (Wildman–Crippen MR) is 151 cm³/mol. The Bertz CT molecular complexity index is 1440. The van der Waals surface area contributed by atoms with Crippen LogP contribution in [0.1, 0.15) is 24.8 Å². The van der Waals surface area contributed by atoms with E-state index in [4.69, 9.17) is 9.72 Å². The first-order chi connectivity index (χ1) is 18.6. The summed E-state index contributed by atoms with van der Waals surface area (Å²) in [6, 6.07) is 14.7. The van der Waals surface area contributed by atoms with E-state index in [0.29, 0.717) is 23.6 Å². The highest BCUT2D eigenvalue weighted by Crippen LogP contribution is 2.39. The number of benzene rings is 2. The smallest absolute Gasteiger partial charge is 0.419 e. The highest BCUT2D eigenvalue weighted by atomic mass is 19.4. The lowest BCUT2D eigenvalue weighted by atomic mass is 10.0. The Labute approximate surface area is 227 Å². The van der Waals surface area contributed by atoms with Crippen molar-refractivity contribution in [2.45, 2.75) is 31.5 Å². The second kappa shape index (κ2) is 11.1. The Morgan fingerprint density at radius 1 is 0.974 bits per heavy atom. The zero-order chi connectivity index (χ0) is 27.7. The molecular formula is C30H36F3N5O. The average Bonchev–Trinajstić information content (AvgIpc) is 3.28. The van der Waals surface area contributed by atoms with E-state index in [-0.39, 0.29) is 12.4 Å². The lowest BCUT2D eigenvalue weighted by Gasteiger charge is -2.36. The molecule has 4 aromatic rings. The first-order valence-electron chi connectivity index (χ1n) is 13.4. The van der Waals surface area contributed by atoms with Crippen molar-refractivity contribution in [2.75, 3.05) is 59.3 Å². The van der Waals surface area contributed by atoms with Crippen molar-refractivity contribution < 1.29 is 17.9 Å². The van der Waals surface area contributed by atoms with Crippen LogP contribution in [0.25, 0.3) is 27.8 Å². The molecule has 1 saturated heterocycles. The maximum Gasteiger partial charge on any atom is 0.419 e. The number of piperidine rings is 1. The monoisotopic (exact) mass is 539 g/mol. The maximum absolute atomic E-state index is 14.0. The molecule has 0 N–H and O–H groups in total. The van der Waals surface area contributed by atoms with Crippen molar-refractivity contribution in [3.8, 4) is 16.9 Å². The third-order valence-electron chi connectivity index (χ3n) is 7.56. The van der Waals surface area contributed by atoms with Crippen molar-refractivity contribution in [1.82, 2.24) is 19.2 Å². The lowest BCUT2D eigenvalue weighted by molar-refractivity contribution is -0.138. The van der Waals surface area contributed by atoms with Gasteiger partial charge in [0.15, 0.2) is 0 Å². The Balaban J connectivity index is 1.49. The molecule has 5 rings (SSSR count). The van der Waals surface area contributed by atoms with Crippen molar-refractivity contribution in [3.63, 3.8) is 0 Å². The van der Waals surface area contributed by atoms with Crippen molar-refractivity contribution >= 4 is 22.4 Å². The summed E-state index contributed by atoms with van der Waals surface area (Å²) in [6.07, 6.45) is 0.175. The zero-order valence-electron chi connectivity index (χ0n) is 23.0. The molecule has 0 unspecified atom stereocenters. The van der Waals surface area contributed by atoms with Crippen LogP contribution in [-0.2, 0) is 6.18 Å². The topological polar surface area (TPSA) is 36.2 Å². The number of imidazole rings is 1. The number of anilines is 1. The molecule has 1 aliphatic rings. The van der Waals surface area contributed by atoms with Crippen LogP contribution in [0.4, 0.5) is 18.9 Å². The van der Waals surface area contributed by atoms with E-state index in [9.17, 15) is 13.2 Å². The van der Waals surface area contributed by atoms with Crippen LogP contribution in [0.2, 0.25) is 0 Å². The molecule has 1 aliphatic heterocycles. The van der Waals surface area contributed by atoms with Gasteiger partial charge in [-0.3, -0.25) is 4.40 Å². The second-order valence-corrected chi connectivity index (χ2v) is 10.8. The number of nitrogens with zero attached hydrogens (tertiary/aromatic N) is 5.